The Morgan fingerprint density at radius 2 is 1.87 bits per heavy atom. The number of rotatable bonds is 11. The number of nitrogens with zero attached hydrogens (tertiary/aromatic N) is 2. The summed E-state index contributed by atoms with van der Waals surface area (Å²) in [5.41, 5.74) is 2.18. The number of carbonyl (C=O) groups excluding carboxylic acids is 2. The SMILES string of the molecule is CCCc1ccc(OCC(=O)N(CCNC(=O)NCc2cccnc2)C(C)C)cc1. The molecular formula is C23H32N4O3. The third kappa shape index (κ3) is 8.11. The third-order valence-electron chi connectivity index (χ3n) is 4.58. The first-order valence-electron chi connectivity index (χ1n) is 10.4. The van der Waals surface area contributed by atoms with Crippen LogP contribution in [0, 0.1) is 0 Å². The maximum atomic E-state index is 12.6. The van der Waals surface area contributed by atoms with Gasteiger partial charge in [-0.3, -0.25) is 9.78 Å². The zero-order valence-electron chi connectivity index (χ0n) is 18.1. The zero-order valence-corrected chi connectivity index (χ0v) is 18.1. The van der Waals surface area contributed by atoms with Crippen molar-refractivity contribution >= 4 is 11.9 Å². The number of aryl methyl sites for hydroxylation is 1. The summed E-state index contributed by atoms with van der Waals surface area (Å²) in [7, 11) is 0. The minimum Gasteiger partial charge on any atom is -0.484 e. The van der Waals surface area contributed by atoms with Crippen molar-refractivity contribution in [2.24, 2.45) is 0 Å². The number of carbonyl (C=O) groups is 2. The molecule has 0 atom stereocenters. The lowest BCUT2D eigenvalue weighted by atomic mass is 10.1. The van der Waals surface area contributed by atoms with Crippen molar-refractivity contribution < 1.29 is 14.3 Å². The zero-order chi connectivity index (χ0) is 21.8. The van der Waals surface area contributed by atoms with Gasteiger partial charge >= 0.3 is 6.03 Å². The van der Waals surface area contributed by atoms with Crippen LogP contribution in [0.15, 0.2) is 48.8 Å². The van der Waals surface area contributed by atoms with Crippen molar-refractivity contribution in [3.8, 4) is 5.75 Å². The third-order valence-corrected chi connectivity index (χ3v) is 4.58. The van der Waals surface area contributed by atoms with E-state index >= 15 is 0 Å². The van der Waals surface area contributed by atoms with E-state index in [1.807, 2.05) is 50.2 Å². The lowest BCUT2D eigenvalue weighted by Gasteiger charge is -2.27. The molecule has 0 spiro atoms. The predicted octanol–water partition coefficient (Wildman–Crippen LogP) is 3.15. The normalized spacial score (nSPS) is 10.5. The fourth-order valence-electron chi connectivity index (χ4n) is 2.98. The summed E-state index contributed by atoms with van der Waals surface area (Å²) >= 11 is 0. The van der Waals surface area contributed by atoms with E-state index in [1.165, 1.54) is 5.56 Å². The van der Waals surface area contributed by atoms with E-state index in [0.29, 0.717) is 25.4 Å². The molecule has 7 nitrogen and oxygen atoms in total. The minimum atomic E-state index is -0.279. The molecule has 2 aromatic rings. The Balaban J connectivity index is 1.73. The topological polar surface area (TPSA) is 83.6 Å². The van der Waals surface area contributed by atoms with Gasteiger partial charge in [0.2, 0.25) is 0 Å². The molecule has 0 fully saturated rings. The fourth-order valence-corrected chi connectivity index (χ4v) is 2.98. The van der Waals surface area contributed by atoms with Crippen LogP contribution in [0.4, 0.5) is 4.79 Å². The molecule has 1 aromatic heterocycles. The molecule has 0 saturated carbocycles. The van der Waals surface area contributed by atoms with Crippen molar-refractivity contribution in [2.45, 2.75) is 46.2 Å². The maximum absolute atomic E-state index is 12.6. The van der Waals surface area contributed by atoms with Gasteiger partial charge in [-0.1, -0.05) is 31.5 Å². The van der Waals surface area contributed by atoms with Crippen molar-refractivity contribution in [3.05, 3.63) is 59.9 Å². The van der Waals surface area contributed by atoms with Gasteiger partial charge in [0, 0.05) is 38.1 Å². The first kappa shape index (κ1) is 23.2. The van der Waals surface area contributed by atoms with Gasteiger partial charge in [-0.15, -0.1) is 0 Å². The lowest BCUT2D eigenvalue weighted by molar-refractivity contribution is -0.135. The predicted molar refractivity (Wildman–Crippen MR) is 117 cm³/mol. The lowest BCUT2D eigenvalue weighted by Crippen LogP contribution is -2.46. The maximum Gasteiger partial charge on any atom is 0.315 e. The average Bonchev–Trinajstić information content (AvgIpc) is 2.75. The van der Waals surface area contributed by atoms with E-state index in [4.69, 9.17) is 4.74 Å². The van der Waals surface area contributed by atoms with E-state index in [-0.39, 0.29) is 24.6 Å². The molecule has 0 aliphatic carbocycles. The van der Waals surface area contributed by atoms with E-state index < -0.39 is 0 Å². The number of aromatic nitrogens is 1. The van der Waals surface area contributed by atoms with Crippen LogP contribution in [-0.2, 0) is 17.8 Å². The quantitative estimate of drug-likeness (QED) is 0.594. The van der Waals surface area contributed by atoms with Crippen molar-refractivity contribution in [3.63, 3.8) is 0 Å². The first-order valence-corrected chi connectivity index (χ1v) is 10.4. The standard InChI is InChI=1S/C23H32N4O3/c1-4-6-19-8-10-21(11-9-19)30-17-22(28)27(18(2)3)14-13-25-23(29)26-16-20-7-5-12-24-15-20/h5,7-12,15,18H,4,6,13-14,16-17H2,1-3H3,(H2,25,26,29). The molecular weight excluding hydrogens is 380 g/mol. The molecule has 7 heteroatoms. The van der Waals surface area contributed by atoms with Crippen molar-refractivity contribution in [1.82, 2.24) is 20.5 Å². The molecule has 3 amide bonds. The van der Waals surface area contributed by atoms with Crippen molar-refractivity contribution in [2.75, 3.05) is 19.7 Å². The van der Waals surface area contributed by atoms with Crippen LogP contribution in [0.3, 0.4) is 0 Å². The number of hydrogen-bond acceptors (Lipinski definition) is 4. The van der Waals surface area contributed by atoms with Crippen molar-refractivity contribution in [1.29, 1.82) is 0 Å². The van der Waals surface area contributed by atoms with Gasteiger partial charge < -0.3 is 20.3 Å². The van der Waals surface area contributed by atoms with E-state index in [2.05, 4.69) is 22.5 Å². The monoisotopic (exact) mass is 412 g/mol. The Hall–Kier alpha value is -3.09. The molecule has 0 aliphatic heterocycles. The van der Waals surface area contributed by atoms with Crippen LogP contribution in [-0.4, -0.2) is 47.6 Å². The van der Waals surface area contributed by atoms with Crippen LogP contribution >= 0.6 is 0 Å². The Kier molecular flexibility index (Phi) is 9.64. The molecule has 2 N–H and O–H groups in total. The van der Waals surface area contributed by atoms with Crippen LogP contribution in [0.1, 0.15) is 38.3 Å². The summed E-state index contributed by atoms with van der Waals surface area (Å²) in [6.45, 7) is 7.17. The number of pyridine rings is 1. The minimum absolute atomic E-state index is 0.00767. The highest BCUT2D eigenvalue weighted by atomic mass is 16.5. The number of nitrogens with one attached hydrogen (secondary N) is 2. The Bertz CT molecular complexity index is 779. The Morgan fingerprint density at radius 1 is 1.10 bits per heavy atom. The van der Waals surface area contributed by atoms with Crippen LogP contribution < -0.4 is 15.4 Å². The van der Waals surface area contributed by atoms with Crippen LogP contribution in [0.25, 0.3) is 0 Å². The molecule has 1 aromatic carbocycles. The number of ether oxygens (including phenoxy) is 1. The molecule has 0 radical (unpaired) electrons. The second kappa shape index (κ2) is 12.5. The second-order valence-electron chi connectivity index (χ2n) is 7.33. The van der Waals surface area contributed by atoms with Gasteiger partial charge in [0.15, 0.2) is 6.61 Å². The largest absolute Gasteiger partial charge is 0.484 e. The van der Waals surface area contributed by atoms with Gasteiger partial charge in [-0.2, -0.15) is 0 Å². The molecule has 0 saturated heterocycles. The summed E-state index contributed by atoms with van der Waals surface area (Å²) in [4.78, 5) is 30.2. The van der Waals surface area contributed by atoms with E-state index in [0.717, 1.165) is 18.4 Å². The molecule has 30 heavy (non-hydrogen) atoms. The van der Waals surface area contributed by atoms with Gasteiger partial charge in [0.05, 0.1) is 0 Å². The highest BCUT2D eigenvalue weighted by Gasteiger charge is 2.17. The number of hydrogen-bond donors (Lipinski definition) is 2. The highest BCUT2D eigenvalue weighted by molar-refractivity contribution is 5.78. The molecule has 0 unspecified atom stereocenters. The van der Waals surface area contributed by atoms with Crippen LogP contribution in [0.5, 0.6) is 5.75 Å². The van der Waals surface area contributed by atoms with Gasteiger partial charge in [0.1, 0.15) is 5.75 Å². The summed E-state index contributed by atoms with van der Waals surface area (Å²) < 4.78 is 5.65. The Labute approximate surface area is 178 Å². The molecule has 162 valence electrons. The number of urea groups is 1. The van der Waals surface area contributed by atoms with Gasteiger partial charge in [-0.25, -0.2) is 4.79 Å². The molecule has 0 bridgehead atoms. The van der Waals surface area contributed by atoms with Gasteiger partial charge in [0.25, 0.3) is 5.91 Å². The summed E-state index contributed by atoms with van der Waals surface area (Å²) in [5, 5.41) is 5.55. The fraction of sp³-hybridized carbons (Fsp3) is 0.435. The molecule has 2 rings (SSSR count). The summed E-state index contributed by atoms with van der Waals surface area (Å²) in [6, 6.07) is 11.3. The highest BCUT2D eigenvalue weighted by Crippen LogP contribution is 2.13. The number of benzene rings is 1. The average molecular weight is 413 g/mol. The smallest absolute Gasteiger partial charge is 0.315 e. The summed E-state index contributed by atoms with van der Waals surface area (Å²) in [6.07, 6.45) is 5.52. The summed E-state index contributed by atoms with van der Waals surface area (Å²) in [5.74, 6) is 0.569. The Morgan fingerprint density at radius 3 is 2.50 bits per heavy atom. The number of amides is 3. The second-order valence-corrected chi connectivity index (χ2v) is 7.33. The van der Waals surface area contributed by atoms with E-state index in [1.54, 1.807) is 17.3 Å². The molecule has 0 aliphatic rings. The van der Waals surface area contributed by atoms with Crippen LogP contribution in [0.2, 0.25) is 0 Å². The molecule has 1 heterocycles. The van der Waals surface area contributed by atoms with Gasteiger partial charge in [-0.05, 0) is 49.6 Å². The first-order chi connectivity index (χ1) is 14.5. The van der Waals surface area contributed by atoms with E-state index in [9.17, 15) is 9.59 Å².